The Labute approximate surface area is 81.1 Å². The molecule has 2 nitrogen and oxygen atoms in total. The summed E-state index contributed by atoms with van der Waals surface area (Å²) in [6.07, 6.45) is 0. The molecule has 0 radical (unpaired) electrons. The van der Waals surface area contributed by atoms with Gasteiger partial charge in [0.15, 0.2) is 11.6 Å². The van der Waals surface area contributed by atoms with Crippen LogP contribution in [0.3, 0.4) is 0 Å². The second-order valence-corrected chi connectivity index (χ2v) is 3.26. The van der Waals surface area contributed by atoms with Crippen LogP contribution in [-0.2, 0) is 0 Å². The van der Waals surface area contributed by atoms with Crippen LogP contribution < -0.4 is 0 Å². The molecule has 1 amide bonds. The van der Waals surface area contributed by atoms with Gasteiger partial charge in [0.25, 0.3) is 5.91 Å². The predicted octanol–water partition coefficient (Wildman–Crippen LogP) is 1.98. The Morgan fingerprint density at radius 2 is 1.79 bits per heavy atom. The van der Waals surface area contributed by atoms with Gasteiger partial charge in [-0.25, -0.2) is 8.78 Å². The molecule has 0 unspecified atom stereocenters. The highest BCUT2D eigenvalue weighted by Crippen LogP contribution is 2.16. The Kier molecular flexibility index (Phi) is 2.84. The Bertz CT molecular complexity index is 375. The summed E-state index contributed by atoms with van der Waals surface area (Å²) >= 11 is 0. The molecule has 0 aromatic heterocycles. The molecule has 0 heterocycles. The van der Waals surface area contributed by atoms with E-state index in [0.29, 0.717) is 0 Å². The maximum atomic E-state index is 13.3. The van der Waals surface area contributed by atoms with Crippen LogP contribution in [0, 0.1) is 18.6 Å². The second-order valence-electron chi connectivity index (χ2n) is 3.26. The van der Waals surface area contributed by atoms with E-state index in [4.69, 9.17) is 0 Å². The van der Waals surface area contributed by atoms with Crippen molar-refractivity contribution < 1.29 is 13.6 Å². The van der Waals surface area contributed by atoms with Crippen LogP contribution >= 0.6 is 0 Å². The first-order valence-electron chi connectivity index (χ1n) is 4.11. The first kappa shape index (κ1) is 10.6. The molecule has 1 aromatic rings. The largest absolute Gasteiger partial charge is 0.345 e. The molecule has 1 aromatic carbocycles. The number of hydrogen-bond acceptors (Lipinski definition) is 1. The number of carbonyl (C=O) groups excluding carboxylic acids is 1. The maximum absolute atomic E-state index is 13.3. The molecule has 76 valence electrons. The molecule has 0 saturated carbocycles. The van der Waals surface area contributed by atoms with Gasteiger partial charge < -0.3 is 4.90 Å². The fourth-order valence-electron chi connectivity index (χ4n) is 1.05. The average Bonchev–Trinajstić information content (AvgIpc) is 2.13. The molecule has 0 spiro atoms. The first-order valence-corrected chi connectivity index (χ1v) is 4.11. The minimum atomic E-state index is -1.08. The van der Waals surface area contributed by atoms with Crippen LogP contribution in [0.4, 0.5) is 8.78 Å². The zero-order valence-corrected chi connectivity index (χ0v) is 8.27. The van der Waals surface area contributed by atoms with E-state index in [2.05, 4.69) is 0 Å². The van der Waals surface area contributed by atoms with Crippen LogP contribution in [0.15, 0.2) is 12.1 Å². The van der Waals surface area contributed by atoms with E-state index < -0.39 is 17.5 Å². The number of amides is 1. The van der Waals surface area contributed by atoms with Gasteiger partial charge in [0, 0.05) is 14.1 Å². The molecule has 4 heteroatoms. The lowest BCUT2D eigenvalue weighted by molar-refractivity contribution is 0.0822. The number of aryl methyl sites for hydroxylation is 1. The summed E-state index contributed by atoms with van der Waals surface area (Å²) in [6.45, 7) is 1.45. The van der Waals surface area contributed by atoms with Crippen LogP contribution in [0.25, 0.3) is 0 Å². The lowest BCUT2D eigenvalue weighted by Crippen LogP contribution is -2.23. The molecule has 0 atom stereocenters. The summed E-state index contributed by atoms with van der Waals surface area (Å²) in [6, 6.07) is 2.67. The first-order chi connectivity index (χ1) is 6.45. The van der Waals surface area contributed by atoms with Gasteiger partial charge in [0.1, 0.15) is 0 Å². The monoisotopic (exact) mass is 199 g/mol. The molecular weight excluding hydrogens is 188 g/mol. The van der Waals surface area contributed by atoms with E-state index in [1.165, 1.54) is 38.1 Å². The number of carbonyl (C=O) groups is 1. The summed E-state index contributed by atoms with van der Waals surface area (Å²) in [7, 11) is 2.97. The molecule has 0 N–H and O–H groups in total. The summed E-state index contributed by atoms with van der Waals surface area (Å²) < 4.78 is 26.3. The third-order valence-electron chi connectivity index (χ3n) is 1.91. The molecular formula is C10H11F2NO. The van der Waals surface area contributed by atoms with Crippen molar-refractivity contribution in [2.45, 2.75) is 6.92 Å². The van der Waals surface area contributed by atoms with Crippen LogP contribution in [0.1, 0.15) is 15.9 Å². The highest BCUT2D eigenvalue weighted by molar-refractivity contribution is 5.94. The van der Waals surface area contributed by atoms with Crippen molar-refractivity contribution >= 4 is 5.91 Å². The molecule has 0 aliphatic rings. The third-order valence-corrected chi connectivity index (χ3v) is 1.91. The number of nitrogens with zero attached hydrogens (tertiary/aromatic N) is 1. The summed E-state index contributed by atoms with van der Waals surface area (Å²) in [5.74, 6) is -2.58. The zero-order valence-electron chi connectivity index (χ0n) is 8.27. The number of halogens is 2. The Hall–Kier alpha value is -1.45. The second kappa shape index (κ2) is 3.74. The molecule has 0 aliphatic carbocycles. The van der Waals surface area contributed by atoms with Gasteiger partial charge in [-0.2, -0.15) is 0 Å². The van der Waals surface area contributed by atoms with Gasteiger partial charge in [-0.3, -0.25) is 4.79 Å². The zero-order chi connectivity index (χ0) is 10.9. The van der Waals surface area contributed by atoms with E-state index in [-0.39, 0.29) is 11.1 Å². The van der Waals surface area contributed by atoms with Crippen molar-refractivity contribution in [3.63, 3.8) is 0 Å². The summed E-state index contributed by atoms with van der Waals surface area (Å²) in [5.41, 5.74) is -0.0455. The number of hydrogen-bond donors (Lipinski definition) is 0. The molecule has 0 bridgehead atoms. The van der Waals surface area contributed by atoms with Crippen molar-refractivity contribution in [3.8, 4) is 0 Å². The number of benzene rings is 1. The van der Waals surface area contributed by atoms with Crippen molar-refractivity contribution in [1.82, 2.24) is 4.90 Å². The smallest absolute Gasteiger partial charge is 0.256 e. The van der Waals surface area contributed by atoms with Crippen LogP contribution in [0.2, 0.25) is 0 Å². The molecule has 0 aliphatic heterocycles. The van der Waals surface area contributed by atoms with Gasteiger partial charge in [0.2, 0.25) is 0 Å². The van der Waals surface area contributed by atoms with E-state index in [1.54, 1.807) is 0 Å². The minimum absolute atomic E-state index is 0.192. The standard InChI is InChI=1S/C10H11F2NO/c1-6-4-5-7(9(12)8(6)11)10(14)13(2)3/h4-5H,1-3H3. The van der Waals surface area contributed by atoms with Crippen molar-refractivity contribution in [2.24, 2.45) is 0 Å². The van der Waals surface area contributed by atoms with E-state index in [1.807, 2.05) is 0 Å². The lowest BCUT2D eigenvalue weighted by atomic mass is 10.1. The summed E-state index contributed by atoms with van der Waals surface area (Å²) in [4.78, 5) is 12.5. The van der Waals surface area contributed by atoms with Crippen molar-refractivity contribution in [2.75, 3.05) is 14.1 Å². The number of rotatable bonds is 1. The SMILES string of the molecule is Cc1ccc(C(=O)N(C)C)c(F)c1F. The van der Waals surface area contributed by atoms with Crippen LogP contribution in [0.5, 0.6) is 0 Å². The molecule has 14 heavy (non-hydrogen) atoms. The van der Waals surface area contributed by atoms with Crippen molar-refractivity contribution in [3.05, 3.63) is 34.9 Å². The fraction of sp³-hybridized carbons (Fsp3) is 0.300. The van der Waals surface area contributed by atoms with E-state index >= 15 is 0 Å². The normalized spacial score (nSPS) is 10.1. The molecule has 1 rings (SSSR count). The molecule has 0 fully saturated rings. The predicted molar refractivity (Wildman–Crippen MR) is 49.1 cm³/mol. The third kappa shape index (κ3) is 1.73. The van der Waals surface area contributed by atoms with Gasteiger partial charge in [-0.15, -0.1) is 0 Å². The van der Waals surface area contributed by atoms with Gasteiger partial charge in [0.05, 0.1) is 5.56 Å². The summed E-state index contributed by atoms with van der Waals surface area (Å²) in [5, 5.41) is 0. The highest BCUT2D eigenvalue weighted by atomic mass is 19.2. The Morgan fingerprint density at radius 3 is 2.29 bits per heavy atom. The van der Waals surface area contributed by atoms with E-state index in [9.17, 15) is 13.6 Å². The molecule has 0 saturated heterocycles. The van der Waals surface area contributed by atoms with Crippen LogP contribution in [-0.4, -0.2) is 24.9 Å². The Morgan fingerprint density at radius 1 is 1.21 bits per heavy atom. The maximum Gasteiger partial charge on any atom is 0.256 e. The Balaban J connectivity index is 3.24. The average molecular weight is 199 g/mol. The van der Waals surface area contributed by atoms with Crippen molar-refractivity contribution in [1.29, 1.82) is 0 Å². The lowest BCUT2D eigenvalue weighted by Gasteiger charge is -2.11. The van der Waals surface area contributed by atoms with E-state index in [0.717, 1.165) is 0 Å². The quantitative estimate of drug-likeness (QED) is 0.677. The minimum Gasteiger partial charge on any atom is -0.345 e. The van der Waals surface area contributed by atoms with Gasteiger partial charge in [-0.1, -0.05) is 6.07 Å². The van der Waals surface area contributed by atoms with Gasteiger partial charge >= 0.3 is 0 Å². The van der Waals surface area contributed by atoms with Gasteiger partial charge in [-0.05, 0) is 18.6 Å². The highest BCUT2D eigenvalue weighted by Gasteiger charge is 2.17. The fourth-order valence-corrected chi connectivity index (χ4v) is 1.05. The topological polar surface area (TPSA) is 20.3 Å².